The monoisotopic (exact) mass is 1050 g/mol. The Hall–Kier alpha value is -2.40. The van der Waals surface area contributed by atoms with E-state index < -0.39 is 81.2 Å². The summed E-state index contributed by atoms with van der Waals surface area (Å²) in [5.41, 5.74) is 2.27. The predicted octanol–water partition coefficient (Wildman–Crippen LogP) is 12.8. The molecule has 10 atom stereocenters. The number of aliphatic hydroxyl groups excluding tert-OH is 2. The molecule has 0 aliphatic rings. The summed E-state index contributed by atoms with van der Waals surface area (Å²) in [7, 11) is -10.4. The minimum Gasteiger partial charge on any atom is -0.481 e. The molecule has 67 heavy (non-hydrogen) atoms. The molecule has 0 aliphatic heterocycles. The van der Waals surface area contributed by atoms with Crippen LogP contribution in [0.5, 0.6) is 0 Å². The van der Waals surface area contributed by atoms with Gasteiger partial charge in [0.2, 0.25) is 7.37 Å². The molecule has 2 rings (SSSR count). The summed E-state index contributed by atoms with van der Waals surface area (Å²) in [6.07, 6.45) is 9.80. The fraction of sp³-hybridized carbons (Fsp3) is 0.652. The predicted molar refractivity (Wildman–Crippen MR) is 278 cm³/mol. The average Bonchev–Trinajstić information content (AvgIpc) is 3.20. The number of rotatable bonds is 24. The number of carboxylic acids is 2. The smallest absolute Gasteiger partial charge is 0.481 e. The van der Waals surface area contributed by atoms with E-state index in [4.69, 9.17) is 24.6 Å². The highest BCUT2D eigenvalue weighted by Gasteiger charge is 2.36. The molecule has 13 N–H and O–H groups in total. The largest absolute Gasteiger partial charge is 0.505 e. The first-order chi connectivity index (χ1) is 30.2. The molecule has 0 spiro atoms. The van der Waals surface area contributed by atoms with Gasteiger partial charge in [-0.3, -0.25) is 14.2 Å². The van der Waals surface area contributed by atoms with Crippen LogP contribution in [0.2, 0.25) is 0 Å². The lowest BCUT2D eigenvalue weighted by Gasteiger charge is -2.23. The molecule has 21 heteroatoms. The van der Waals surface area contributed by atoms with Crippen molar-refractivity contribution in [1.29, 1.82) is 0 Å². The van der Waals surface area contributed by atoms with Crippen LogP contribution in [0.4, 0.5) is 0 Å². The van der Waals surface area contributed by atoms with Crippen LogP contribution in [-0.4, -0.2) is 90.5 Å². The number of benzene rings is 2. The molecule has 2 aromatic rings. The van der Waals surface area contributed by atoms with Crippen LogP contribution >= 0.6 is 39.0 Å². The molecule has 0 aromatic heterocycles. The zero-order valence-corrected chi connectivity index (χ0v) is 46.5. The first-order valence-corrected chi connectivity index (χ1v) is 30.5. The zero-order valence-electron chi connectivity index (χ0n) is 42.1. The fourth-order valence-electron chi connectivity index (χ4n) is 6.41. The molecule has 2 aromatic carbocycles. The topological polar surface area (TPSA) is 329 Å². The number of carboxylic acid groups (broad SMARTS) is 2. The summed E-state index contributed by atoms with van der Waals surface area (Å²) in [6, 6.07) is 17.1. The van der Waals surface area contributed by atoms with Gasteiger partial charge in [-0.25, -0.2) is 4.57 Å². The maximum absolute atomic E-state index is 12.5. The first kappa shape index (κ1) is 76.1. The van der Waals surface area contributed by atoms with Gasteiger partial charge >= 0.3 is 36.5 Å². The number of aliphatic carboxylic acids is 2. The highest BCUT2D eigenvalue weighted by molar-refractivity contribution is 7.63. The van der Waals surface area contributed by atoms with Crippen molar-refractivity contribution in [1.82, 2.24) is 6.15 Å². The van der Waals surface area contributed by atoms with E-state index in [2.05, 4.69) is 55.0 Å². The maximum atomic E-state index is 12.5. The van der Waals surface area contributed by atoms with E-state index in [1.54, 1.807) is 24.9 Å². The van der Waals surface area contributed by atoms with Crippen molar-refractivity contribution in [3.8, 4) is 0 Å². The standard InChI is InChI=1S/C14H23O2P.C13H17O7P.C7H16OP.C6H13O2P.C6H12.H3N.HO2P.H2O/c1-4-8-12(2)11-17(3,16)14(15)13-9-6-5-7-10-13;14-11(15)7-6-10(12(16)17)8-21(19,20)13(18)9-4-2-1-3-5-9;1-4-5-7(2)6-9(3)8;1-3-4-6(2)5-9(7)8;1-4-5-6(2)3;;1-3-2;/h5-7,9-10,12,14-15H,4,8,11H2,1-3H3;1-5,10,13,18H,6-8H2,(H,14,15)(H,16,17)(H,19,20);7H,4-6H2,1-3H3;6H,3-5H2,1-2H3;2,4-5H2,1,3H3;1H3;(H,1,2);1H2/q;;+1;;;;;/p+2. The molecule has 0 aliphatic carbocycles. The van der Waals surface area contributed by atoms with E-state index in [-0.39, 0.29) is 23.6 Å². The summed E-state index contributed by atoms with van der Waals surface area (Å²) in [6.45, 7) is 24.2. The number of hydrogen-bond acceptors (Lipinski definition) is 9. The van der Waals surface area contributed by atoms with E-state index in [1.165, 1.54) is 43.4 Å². The first-order valence-electron chi connectivity index (χ1n) is 22.1. The van der Waals surface area contributed by atoms with E-state index in [1.807, 2.05) is 43.9 Å². The Labute approximate surface area is 405 Å². The summed E-state index contributed by atoms with van der Waals surface area (Å²) in [5, 5.41) is 37.7. The van der Waals surface area contributed by atoms with Gasteiger partial charge in [0.15, 0.2) is 12.0 Å². The molecule has 0 saturated carbocycles. The quantitative estimate of drug-likeness (QED) is 0.0358. The molecule has 390 valence electrons. The number of carbonyl (C=O) groups is 2. The molecular formula is C46H89NO15P5+3. The average molecular weight is 1050 g/mol. The lowest BCUT2D eigenvalue weighted by molar-refractivity contribution is -0.142. The van der Waals surface area contributed by atoms with Gasteiger partial charge in [-0.1, -0.05) is 151 Å². The van der Waals surface area contributed by atoms with E-state index in [0.717, 1.165) is 37.4 Å². The second-order valence-corrected chi connectivity index (χ2v) is 25.1. The second kappa shape index (κ2) is 46.0. The van der Waals surface area contributed by atoms with Gasteiger partial charge in [0, 0.05) is 24.7 Å². The number of hydrogen-bond donors (Lipinski definition) is 8. The molecular weight excluding hydrogens is 961 g/mol. The van der Waals surface area contributed by atoms with Crippen LogP contribution in [-0.2, 0) is 32.4 Å². The molecule has 10 unspecified atom stereocenters. The Bertz CT molecular complexity index is 1670. The van der Waals surface area contributed by atoms with Gasteiger partial charge in [-0.15, -0.1) is 6.58 Å². The minimum atomic E-state index is -4.19. The van der Waals surface area contributed by atoms with Crippen LogP contribution in [0.15, 0.2) is 72.8 Å². The van der Waals surface area contributed by atoms with Crippen molar-refractivity contribution in [2.24, 2.45) is 23.7 Å². The molecule has 16 nitrogen and oxygen atoms in total. The van der Waals surface area contributed by atoms with Crippen LogP contribution in [0.1, 0.15) is 142 Å². The number of allylic oxidation sites excluding steroid dienone is 1. The van der Waals surface area contributed by atoms with Gasteiger partial charge in [0.25, 0.3) is 0 Å². The van der Waals surface area contributed by atoms with Gasteiger partial charge in [0.05, 0.1) is 5.92 Å². The van der Waals surface area contributed by atoms with Gasteiger partial charge in [0.1, 0.15) is 25.8 Å². The summed E-state index contributed by atoms with van der Waals surface area (Å²) in [5.74, 6) is -4.87. The van der Waals surface area contributed by atoms with Crippen LogP contribution in [0.3, 0.4) is 0 Å². The summed E-state index contributed by atoms with van der Waals surface area (Å²) in [4.78, 5) is 46.9. The lowest BCUT2D eigenvalue weighted by Crippen LogP contribution is -2.21. The van der Waals surface area contributed by atoms with Crippen LogP contribution < -0.4 is 6.15 Å². The van der Waals surface area contributed by atoms with Gasteiger partial charge < -0.3 is 46.4 Å². The number of quaternary nitrogens is 1. The fourth-order valence-corrected chi connectivity index (χ4v) is 12.4. The van der Waals surface area contributed by atoms with Crippen molar-refractivity contribution in [3.05, 3.63) is 83.9 Å². The lowest BCUT2D eigenvalue weighted by atomic mass is 10.1. The molecule has 0 fully saturated rings. The van der Waals surface area contributed by atoms with Gasteiger partial charge in [-0.2, -0.15) is 4.89 Å². The molecule has 0 saturated heterocycles. The van der Waals surface area contributed by atoms with E-state index in [9.17, 15) is 43.0 Å². The van der Waals surface area contributed by atoms with Gasteiger partial charge in [-0.05, 0) is 66.8 Å². The van der Waals surface area contributed by atoms with Crippen molar-refractivity contribution < 1.29 is 73.0 Å². The Kier molecular flexibility index (Phi) is 52.3. The van der Waals surface area contributed by atoms with Crippen LogP contribution in [0.25, 0.3) is 0 Å². The zero-order chi connectivity index (χ0) is 51.2. The Morgan fingerprint density at radius 2 is 1.10 bits per heavy atom. The third-order valence-electron chi connectivity index (χ3n) is 9.36. The van der Waals surface area contributed by atoms with E-state index >= 15 is 0 Å². The normalized spacial score (nSPS) is 15.0. The molecule has 0 radical (unpaired) electrons. The van der Waals surface area contributed by atoms with Crippen LogP contribution in [0, 0.1) is 23.7 Å². The number of aliphatic hydroxyl groups is 2. The highest BCUT2D eigenvalue weighted by atomic mass is 31.2. The highest BCUT2D eigenvalue weighted by Crippen LogP contribution is 2.56. The molecule has 0 amide bonds. The Morgan fingerprint density at radius 1 is 0.716 bits per heavy atom. The van der Waals surface area contributed by atoms with E-state index in [0.29, 0.717) is 30.1 Å². The maximum Gasteiger partial charge on any atom is 0.505 e. The van der Waals surface area contributed by atoms with Crippen molar-refractivity contribution >= 4 is 51.0 Å². The Balaban J connectivity index is -0.000000181. The Morgan fingerprint density at radius 3 is 1.42 bits per heavy atom. The van der Waals surface area contributed by atoms with Crippen molar-refractivity contribution in [3.63, 3.8) is 0 Å². The third-order valence-corrected chi connectivity index (χ3v) is 16.1. The summed E-state index contributed by atoms with van der Waals surface area (Å²) >= 11 is 0. The minimum absolute atomic E-state index is 0. The SMILES string of the molecule is C=C(C)CCC.CCCC(C)CP(C)(=O)C(O)c1ccccc1.CCCC(C)C[P+](=O)O.CCCC(C)C[P+](C)=O.O.O=C(O)CCC(CP(=O)(O)C(O)c1ccccc1)C(=O)O.O=PO.[NH4+]. The summed E-state index contributed by atoms with van der Waals surface area (Å²) < 4.78 is 54.1. The second-order valence-electron chi connectivity index (χ2n) is 16.6. The molecule has 0 heterocycles. The van der Waals surface area contributed by atoms with Crippen molar-refractivity contribution in [2.75, 3.05) is 38.0 Å². The molecule has 0 bridgehead atoms. The third kappa shape index (κ3) is 45.8. The van der Waals surface area contributed by atoms with Crippen molar-refractivity contribution in [2.45, 2.75) is 131 Å².